The highest BCUT2D eigenvalue weighted by Crippen LogP contribution is 2.26. The monoisotopic (exact) mass is 250 g/mol. The molecule has 0 saturated carbocycles. The molecule has 4 heteroatoms. The van der Waals surface area contributed by atoms with Crippen LogP contribution >= 0.6 is 11.3 Å². The number of nitrogens with one attached hydrogen (secondary N) is 1. The number of amides is 1. The molecule has 1 amide bonds. The Bertz CT molecular complexity index is 390. The molecule has 0 spiro atoms. The number of nitrogens with zero attached hydrogens (tertiary/aromatic N) is 1. The molecule has 2 fully saturated rings. The van der Waals surface area contributed by atoms with Gasteiger partial charge in [-0.1, -0.05) is 0 Å². The average Bonchev–Trinajstić information content (AvgIpc) is 2.97. The first kappa shape index (κ1) is 11.2. The van der Waals surface area contributed by atoms with Gasteiger partial charge in [-0.15, -0.1) is 0 Å². The molecule has 92 valence electrons. The van der Waals surface area contributed by atoms with E-state index in [1.807, 2.05) is 11.4 Å². The number of carbonyl (C=O) groups excluding carboxylic acids is 1. The molecule has 3 rings (SSSR count). The summed E-state index contributed by atoms with van der Waals surface area (Å²) in [6, 6.07) is 2.05. The van der Waals surface area contributed by atoms with Crippen LogP contribution in [-0.4, -0.2) is 37.0 Å². The van der Waals surface area contributed by atoms with E-state index >= 15 is 0 Å². The Morgan fingerprint density at radius 3 is 3.18 bits per heavy atom. The van der Waals surface area contributed by atoms with Gasteiger partial charge in [-0.05, 0) is 53.7 Å². The summed E-state index contributed by atoms with van der Waals surface area (Å²) in [7, 11) is 0. The number of carbonyl (C=O) groups is 1. The van der Waals surface area contributed by atoms with E-state index in [9.17, 15) is 4.79 Å². The van der Waals surface area contributed by atoms with Gasteiger partial charge in [0.1, 0.15) is 0 Å². The second kappa shape index (κ2) is 4.78. The second-order valence-corrected chi connectivity index (χ2v) is 5.90. The van der Waals surface area contributed by atoms with E-state index in [-0.39, 0.29) is 0 Å². The van der Waals surface area contributed by atoms with Crippen LogP contribution in [0.4, 0.5) is 0 Å². The van der Waals surface area contributed by atoms with Gasteiger partial charge >= 0.3 is 0 Å². The van der Waals surface area contributed by atoms with Gasteiger partial charge in [0.2, 0.25) is 5.91 Å². The summed E-state index contributed by atoms with van der Waals surface area (Å²) in [5.41, 5.74) is 1.16. The van der Waals surface area contributed by atoms with Crippen molar-refractivity contribution in [2.24, 2.45) is 11.8 Å². The first-order chi connectivity index (χ1) is 8.33. The summed E-state index contributed by atoms with van der Waals surface area (Å²) in [6.45, 7) is 4.15. The topological polar surface area (TPSA) is 32.3 Å². The number of fused-ring (bicyclic) bond motifs is 1. The molecular weight excluding hydrogens is 232 g/mol. The highest BCUT2D eigenvalue weighted by Gasteiger charge is 2.34. The highest BCUT2D eigenvalue weighted by atomic mass is 32.1. The molecule has 2 atom stereocenters. The molecular formula is C13H18N2OS. The minimum atomic E-state index is 0.300. The molecule has 0 aromatic carbocycles. The largest absolute Gasteiger partial charge is 0.342 e. The number of rotatable bonds is 2. The normalized spacial score (nSPS) is 28.1. The van der Waals surface area contributed by atoms with Crippen LogP contribution in [0, 0.1) is 11.8 Å². The van der Waals surface area contributed by atoms with Crippen molar-refractivity contribution in [3.8, 4) is 0 Å². The number of hydrogen-bond donors (Lipinski definition) is 1. The molecule has 0 radical (unpaired) electrons. The summed E-state index contributed by atoms with van der Waals surface area (Å²) in [4.78, 5) is 14.2. The van der Waals surface area contributed by atoms with E-state index < -0.39 is 0 Å². The van der Waals surface area contributed by atoms with E-state index in [1.54, 1.807) is 11.3 Å². The van der Waals surface area contributed by atoms with Gasteiger partial charge in [-0.3, -0.25) is 4.79 Å². The SMILES string of the molecule is O=C(Cc1ccsc1)N1CCC2CNCC2C1. The fourth-order valence-electron chi connectivity index (χ4n) is 2.94. The maximum Gasteiger partial charge on any atom is 0.227 e. The molecule has 2 saturated heterocycles. The van der Waals surface area contributed by atoms with Crippen LogP contribution in [0.25, 0.3) is 0 Å². The van der Waals surface area contributed by atoms with Crippen LogP contribution in [0.2, 0.25) is 0 Å². The van der Waals surface area contributed by atoms with Gasteiger partial charge in [0.05, 0.1) is 6.42 Å². The molecule has 1 aromatic rings. The molecule has 3 heterocycles. The van der Waals surface area contributed by atoms with Gasteiger partial charge in [0.25, 0.3) is 0 Å². The zero-order chi connectivity index (χ0) is 11.7. The fraction of sp³-hybridized carbons (Fsp3) is 0.615. The fourth-order valence-corrected chi connectivity index (χ4v) is 3.61. The molecule has 3 nitrogen and oxygen atoms in total. The second-order valence-electron chi connectivity index (χ2n) is 5.12. The molecule has 0 aliphatic carbocycles. The van der Waals surface area contributed by atoms with Crippen LogP contribution in [0.3, 0.4) is 0 Å². The first-order valence-electron chi connectivity index (χ1n) is 6.32. The Hall–Kier alpha value is -0.870. The predicted octanol–water partition coefficient (Wildman–Crippen LogP) is 1.36. The lowest BCUT2D eigenvalue weighted by molar-refractivity contribution is -0.132. The molecule has 2 unspecified atom stereocenters. The van der Waals surface area contributed by atoms with E-state index in [4.69, 9.17) is 0 Å². The Morgan fingerprint density at radius 2 is 2.35 bits per heavy atom. The lowest BCUT2D eigenvalue weighted by Crippen LogP contribution is -2.44. The lowest BCUT2D eigenvalue weighted by Gasteiger charge is -2.34. The van der Waals surface area contributed by atoms with E-state index in [1.165, 1.54) is 6.42 Å². The van der Waals surface area contributed by atoms with Crippen molar-refractivity contribution in [3.05, 3.63) is 22.4 Å². The Kier molecular flexibility index (Phi) is 3.16. The molecule has 0 bridgehead atoms. The average molecular weight is 250 g/mol. The van der Waals surface area contributed by atoms with Crippen LogP contribution < -0.4 is 5.32 Å². The Labute approximate surface area is 106 Å². The van der Waals surface area contributed by atoms with Gasteiger partial charge in [-0.2, -0.15) is 11.3 Å². The van der Waals surface area contributed by atoms with Crippen LogP contribution in [0.15, 0.2) is 16.8 Å². The van der Waals surface area contributed by atoms with E-state index in [2.05, 4.69) is 15.6 Å². The third kappa shape index (κ3) is 2.38. The van der Waals surface area contributed by atoms with E-state index in [0.29, 0.717) is 18.2 Å². The zero-order valence-electron chi connectivity index (χ0n) is 9.89. The Balaban J connectivity index is 1.59. The molecule has 1 aromatic heterocycles. The summed E-state index contributed by atoms with van der Waals surface area (Å²) in [5, 5.41) is 7.54. The quantitative estimate of drug-likeness (QED) is 0.859. The van der Waals surface area contributed by atoms with Crippen molar-refractivity contribution in [1.82, 2.24) is 10.2 Å². The lowest BCUT2D eigenvalue weighted by atomic mass is 9.88. The van der Waals surface area contributed by atoms with Crippen LogP contribution in [0.5, 0.6) is 0 Å². The number of hydrogen-bond acceptors (Lipinski definition) is 3. The maximum atomic E-state index is 12.2. The van der Waals surface area contributed by atoms with E-state index in [0.717, 1.165) is 37.7 Å². The third-order valence-corrected chi connectivity index (χ3v) is 4.72. The van der Waals surface area contributed by atoms with Crippen molar-refractivity contribution in [2.45, 2.75) is 12.8 Å². The van der Waals surface area contributed by atoms with Crippen molar-refractivity contribution < 1.29 is 4.79 Å². The summed E-state index contributed by atoms with van der Waals surface area (Å²) >= 11 is 1.66. The van der Waals surface area contributed by atoms with Crippen molar-refractivity contribution in [2.75, 3.05) is 26.2 Å². The summed E-state index contributed by atoms with van der Waals surface area (Å²) in [5.74, 6) is 1.80. The number of thiophene rings is 1. The van der Waals surface area contributed by atoms with Crippen molar-refractivity contribution in [1.29, 1.82) is 0 Å². The van der Waals surface area contributed by atoms with Crippen LogP contribution in [-0.2, 0) is 11.2 Å². The van der Waals surface area contributed by atoms with Gasteiger partial charge in [-0.25, -0.2) is 0 Å². The first-order valence-corrected chi connectivity index (χ1v) is 7.27. The van der Waals surface area contributed by atoms with Crippen LogP contribution in [0.1, 0.15) is 12.0 Å². The van der Waals surface area contributed by atoms with Gasteiger partial charge < -0.3 is 10.2 Å². The molecule has 2 aliphatic heterocycles. The summed E-state index contributed by atoms with van der Waals surface area (Å²) in [6.07, 6.45) is 1.75. The molecule has 1 N–H and O–H groups in total. The number of likely N-dealkylation sites (tertiary alicyclic amines) is 1. The molecule has 17 heavy (non-hydrogen) atoms. The zero-order valence-corrected chi connectivity index (χ0v) is 10.7. The predicted molar refractivity (Wildman–Crippen MR) is 69.1 cm³/mol. The number of piperidine rings is 1. The molecule has 2 aliphatic rings. The van der Waals surface area contributed by atoms with Crippen molar-refractivity contribution in [3.63, 3.8) is 0 Å². The Morgan fingerprint density at radius 1 is 1.47 bits per heavy atom. The standard InChI is InChI=1S/C13H18N2OS/c16-13(5-10-2-4-17-9-10)15-3-1-11-6-14-7-12(11)8-15/h2,4,9,11-12,14H,1,3,5-8H2. The summed E-state index contributed by atoms with van der Waals surface area (Å²) < 4.78 is 0. The highest BCUT2D eigenvalue weighted by molar-refractivity contribution is 7.07. The maximum absolute atomic E-state index is 12.2. The minimum Gasteiger partial charge on any atom is -0.342 e. The van der Waals surface area contributed by atoms with Gasteiger partial charge in [0.15, 0.2) is 0 Å². The smallest absolute Gasteiger partial charge is 0.227 e. The minimum absolute atomic E-state index is 0.300. The van der Waals surface area contributed by atoms with Crippen molar-refractivity contribution >= 4 is 17.2 Å². The van der Waals surface area contributed by atoms with Gasteiger partial charge in [0, 0.05) is 13.1 Å². The third-order valence-electron chi connectivity index (χ3n) is 3.99.